The van der Waals surface area contributed by atoms with Crippen molar-refractivity contribution < 1.29 is 23.6 Å². The quantitative estimate of drug-likeness (QED) is 0.570. The molecule has 0 aliphatic carbocycles. The van der Waals surface area contributed by atoms with E-state index in [9.17, 15) is 14.4 Å². The first-order valence-corrected chi connectivity index (χ1v) is 10.6. The van der Waals surface area contributed by atoms with E-state index >= 15 is 0 Å². The molecule has 2 amide bonds. The molecule has 8 nitrogen and oxygen atoms in total. The lowest BCUT2D eigenvalue weighted by atomic mass is 10.1. The summed E-state index contributed by atoms with van der Waals surface area (Å²) in [7, 11) is 0. The number of hydrogen-bond donors (Lipinski definition) is 2. The highest BCUT2D eigenvalue weighted by Crippen LogP contribution is 2.12. The van der Waals surface area contributed by atoms with Crippen LogP contribution in [0.5, 0.6) is 0 Å². The van der Waals surface area contributed by atoms with Crippen LogP contribution in [0, 0.1) is 6.92 Å². The number of thioether (sulfide) groups is 1. The smallest absolute Gasteiger partial charge is 0.329 e. The molecule has 1 aromatic heterocycles. The lowest BCUT2D eigenvalue weighted by Crippen LogP contribution is -2.45. The van der Waals surface area contributed by atoms with Crippen LogP contribution in [-0.2, 0) is 14.3 Å². The van der Waals surface area contributed by atoms with E-state index in [1.165, 1.54) is 0 Å². The Bertz CT molecular complexity index is 825. The van der Waals surface area contributed by atoms with Crippen molar-refractivity contribution in [2.75, 3.05) is 17.3 Å². The van der Waals surface area contributed by atoms with Crippen molar-refractivity contribution >= 4 is 35.4 Å². The Morgan fingerprint density at radius 2 is 1.97 bits per heavy atom. The fraction of sp³-hybridized carbons (Fsp3) is 0.400. The van der Waals surface area contributed by atoms with Crippen LogP contribution in [0.1, 0.15) is 35.9 Å². The maximum absolute atomic E-state index is 12.7. The second kappa shape index (κ2) is 11.3. The number of anilines is 1. The third kappa shape index (κ3) is 6.94. The summed E-state index contributed by atoms with van der Waals surface area (Å²) in [6, 6.07) is 9.32. The molecule has 29 heavy (non-hydrogen) atoms. The molecule has 1 aromatic carbocycles. The van der Waals surface area contributed by atoms with Crippen molar-refractivity contribution in [1.82, 2.24) is 10.5 Å². The Balaban J connectivity index is 2.02. The van der Waals surface area contributed by atoms with E-state index < -0.39 is 24.0 Å². The number of esters is 1. The van der Waals surface area contributed by atoms with Crippen LogP contribution in [0.25, 0.3) is 0 Å². The van der Waals surface area contributed by atoms with E-state index in [4.69, 9.17) is 9.26 Å². The van der Waals surface area contributed by atoms with Crippen molar-refractivity contribution in [3.63, 3.8) is 0 Å². The summed E-state index contributed by atoms with van der Waals surface area (Å²) in [5.74, 6) is -0.0850. The van der Waals surface area contributed by atoms with E-state index in [0.29, 0.717) is 23.5 Å². The fourth-order valence-corrected chi connectivity index (χ4v) is 2.96. The SMILES string of the molecule is CC[C@@H](OC(=O)[C@H](CCSC)NC(=O)c1ccccc1)C(=O)Nc1cc(C)on1. The Morgan fingerprint density at radius 3 is 2.55 bits per heavy atom. The number of carbonyl (C=O) groups excluding carboxylic acids is 3. The molecule has 156 valence electrons. The third-order valence-corrected chi connectivity index (χ3v) is 4.68. The number of amides is 2. The zero-order chi connectivity index (χ0) is 21.2. The minimum Gasteiger partial charge on any atom is -0.451 e. The molecular formula is C20H25N3O5S. The van der Waals surface area contributed by atoms with E-state index in [1.54, 1.807) is 62.0 Å². The molecule has 0 saturated heterocycles. The van der Waals surface area contributed by atoms with Gasteiger partial charge >= 0.3 is 5.97 Å². The molecule has 9 heteroatoms. The molecule has 2 rings (SSSR count). The van der Waals surface area contributed by atoms with Gasteiger partial charge in [-0.3, -0.25) is 9.59 Å². The van der Waals surface area contributed by atoms with Gasteiger partial charge in [0.2, 0.25) is 0 Å². The number of hydrogen-bond acceptors (Lipinski definition) is 7. The zero-order valence-electron chi connectivity index (χ0n) is 16.6. The number of ether oxygens (including phenoxy) is 1. The van der Waals surface area contributed by atoms with Crippen LogP contribution in [-0.4, -0.2) is 47.1 Å². The number of aromatic nitrogens is 1. The average molecular weight is 420 g/mol. The minimum atomic E-state index is -1.01. The van der Waals surface area contributed by atoms with E-state index in [-0.39, 0.29) is 18.1 Å². The molecule has 0 aliphatic heterocycles. The molecule has 2 N–H and O–H groups in total. The number of carbonyl (C=O) groups is 3. The minimum absolute atomic E-state index is 0.248. The predicted octanol–water partition coefficient (Wildman–Crippen LogP) is 2.80. The van der Waals surface area contributed by atoms with Gasteiger partial charge in [-0.25, -0.2) is 4.79 Å². The van der Waals surface area contributed by atoms with Crippen LogP contribution in [0.15, 0.2) is 40.9 Å². The van der Waals surface area contributed by atoms with Gasteiger partial charge in [0.05, 0.1) is 0 Å². The summed E-state index contributed by atoms with van der Waals surface area (Å²) in [4.78, 5) is 37.5. The van der Waals surface area contributed by atoms with E-state index in [0.717, 1.165) is 0 Å². The summed E-state index contributed by atoms with van der Waals surface area (Å²) in [6.07, 6.45) is 1.56. The molecule has 0 radical (unpaired) electrons. The van der Waals surface area contributed by atoms with E-state index in [1.807, 2.05) is 6.26 Å². The lowest BCUT2D eigenvalue weighted by Gasteiger charge is -2.21. The number of aryl methyl sites for hydroxylation is 1. The van der Waals surface area contributed by atoms with Crippen molar-refractivity contribution in [2.24, 2.45) is 0 Å². The van der Waals surface area contributed by atoms with Gasteiger partial charge in [-0.05, 0) is 43.9 Å². The molecule has 1 heterocycles. The van der Waals surface area contributed by atoms with Gasteiger partial charge in [0.25, 0.3) is 11.8 Å². The van der Waals surface area contributed by atoms with Crippen LogP contribution in [0.2, 0.25) is 0 Å². The van der Waals surface area contributed by atoms with Crippen LogP contribution in [0.3, 0.4) is 0 Å². The van der Waals surface area contributed by atoms with Crippen LogP contribution < -0.4 is 10.6 Å². The molecule has 0 bridgehead atoms. The maximum atomic E-state index is 12.7. The van der Waals surface area contributed by atoms with Gasteiger partial charge in [0, 0.05) is 11.6 Å². The Morgan fingerprint density at radius 1 is 1.24 bits per heavy atom. The van der Waals surface area contributed by atoms with Gasteiger partial charge in [0.15, 0.2) is 11.9 Å². The molecule has 0 saturated carbocycles. The number of rotatable bonds is 10. The van der Waals surface area contributed by atoms with Gasteiger partial charge in [0.1, 0.15) is 11.8 Å². The van der Waals surface area contributed by atoms with Gasteiger partial charge < -0.3 is 19.9 Å². The van der Waals surface area contributed by atoms with Crippen molar-refractivity contribution in [3.8, 4) is 0 Å². The third-order valence-electron chi connectivity index (χ3n) is 4.04. The first-order chi connectivity index (χ1) is 13.9. The van der Waals surface area contributed by atoms with Crippen molar-refractivity contribution in [1.29, 1.82) is 0 Å². The number of benzene rings is 1. The zero-order valence-corrected chi connectivity index (χ0v) is 17.5. The van der Waals surface area contributed by atoms with Crippen molar-refractivity contribution in [3.05, 3.63) is 47.7 Å². The highest BCUT2D eigenvalue weighted by molar-refractivity contribution is 7.98. The topological polar surface area (TPSA) is 111 Å². The molecule has 0 spiro atoms. The predicted molar refractivity (Wildman–Crippen MR) is 111 cm³/mol. The van der Waals surface area contributed by atoms with Gasteiger partial charge in [-0.15, -0.1) is 0 Å². The average Bonchev–Trinajstić information content (AvgIpc) is 3.13. The standard InChI is InChI=1S/C20H25N3O5S/c1-4-16(19(25)22-17-12-13(2)28-23-17)27-20(26)15(10-11-29-3)21-18(24)14-8-6-5-7-9-14/h5-9,12,15-16H,4,10-11H2,1-3H3,(H,21,24)(H,22,23,25)/t15-,16+/m0/s1. The highest BCUT2D eigenvalue weighted by atomic mass is 32.2. The summed E-state index contributed by atoms with van der Waals surface area (Å²) < 4.78 is 10.3. The second-order valence-corrected chi connectivity index (χ2v) is 7.30. The molecule has 2 atom stereocenters. The monoisotopic (exact) mass is 419 g/mol. The normalized spacial score (nSPS) is 12.7. The first kappa shape index (κ1) is 22.5. The molecule has 0 fully saturated rings. The highest BCUT2D eigenvalue weighted by Gasteiger charge is 2.28. The molecule has 2 aromatic rings. The van der Waals surface area contributed by atoms with E-state index in [2.05, 4.69) is 15.8 Å². The van der Waals surface area contributed by atoms with Gasteiger partial charge in [-0.1, -0.05) is 30.3 Å². The summed E-state index contributed by atoms with van der Waals surface area (Å²) >= 11 is 1.55. The molecule has 0 aliphatic rings. The number of nitrogens with zero attached hydrogens (tertiary/aromatic N) is 1. The Labute approximate surface area is 173 Å². The molecular weight excluding hydrogens is 394 g/mol. The first-order valence-electron chi connectivity index (χ1n) is 9.24. The Kier molecular flexibility index (Phi) is 8.72. The largest absolute Gasteiger partial charge is 0.451 e. The summed E-state index contributed by atoms with van der Waals surface area (Å²) in [5.41, 5.74) is 0.445. The number of nitrogens with one attached hydrogen (secondary N) is 2. The van der Waals surface area contributed by atoms with Crippen LogP contribution >= 0.6 is 11.8 Å². The lowest BCUT2D eigenvalue weighted by molar-refractivity contribution is -0.156. The van der Waals surface area contributed by atoms with Crippen molar-refractivity contribution in [2.45, 2.75) is 38.8 Å². The summed E-state index contributed by atoms with van der Waals surface area (Å²) in [5, 5.41) is 8.95. The molecule has 0 unspecified atom stereocenters. The fourth-order valence-electron chi connectivity index (χ4n) is 2.49. The Hall–Kier alpha value is -2.81. The summed E-state index contributed by atoms with van der Waals surface area (Å²) in [6.45, 7) is 3.43. The van der Waals surface area contributed by atoms with Crippen LogP contribution in [0.4, 0.5) is 5.82 Å². The second-order valence-electron chi connectivity index (χ2n) is 6.32. The van der Waals surface area contributed by atoms with Gasteiger partial charge in [-0.2, -0.15) is 11.8 Å². The maximum Gasteiger partial charge on any atom is 0.329 e.